The van der Waals surface area contributed by atoms with Crippen LogP contribution < -0.4 is 10.1 Å². The molecule has 1 amide bonds. The number of hydrogen-bond donors (Lipinski definition) is 2. The van der Waals surface area contributed by atoms with E-state index in [0.717, 1.165) is 0 Å². The summed E-state index contributed by atoms with van der Waals surface area (Å²) in [5.74, 6) is -0.639. The summed E-state index contributed by atoms with van der Waals surface area (Å²) in [7, 11) is 0. The van der Waals surface area contributed by atoms with Crippen LogP contribution >= 0.6 is 0 Å². The highest BCUT2D eigenvalue weighted by atomic mass is 16.5. The van der Waals surface area contributed by atoms with Crippen molar-refractivity contribution in [1.82, 2.24) is 4.98 Å². The van der Waals surface area contributed by atoms with Crippen LogP contribution in [0, 0.1) is 11.3 Å². The van der Waals surface area contributed by atoms with E-state index in [1.165, 1.54) is 18.2 Å². The molecule has 3 aromatic rings. The second-order valence-electron chi connectivity index (χ2n) is 5.61. The number of carbonyl (C=O) groups excluding carboxylic acids is 1. The number of oxazole rings is 1. The molecule has 0 unspecified atom stereocenters. The molecular formula is C19H15N3O5. The lowest BCUT2D eigenvalue weighted by Crippen LogP contribution is -2.09. The van der Waals surface area contributed by atoms with Crippen molar-refractivity contribution in [3.8, 4) is 11.8 Å². The fourth-order valence-corrected chi connectivity index (χ4v) is 2.38. The number of hydrogen-bond acceptors (Lipinski definition) is 6. The Morgan fingerprint density at radius 1 is 1.30 bits per heavy atom. The number of fused-ring (bicyclic) bond motifs is 1. The molecule has 0 radical (unpaired) electrons. The summed E-state index contributed by atoms with van der Waals surface area (Å²) < 4.78 is 11.1. The summed E-state index contributed by atoms with van der Waals surface area (Å²) in [6.07, 6.45) is 0.335. The van der Waals surface area contributed by atoms with Gasteiger partial charge in [0.1, 0.15) is 17.3 Å². The zero-order valence-corrected chi connectivity index (χ0v) is 14.4. The summed E-state index contributed by atoms with van der Waals surface area (Å²) in [5, 5.41) is 21.0. The highest BCUT2D eigenvalue weighted by molar-refractivity contribution is 5.92. The zero-order chi connectivity index (χ0) is 19.4. The van der Waals surface area contributed by atoms with E-state index in [-0.39, 0.29) is 29.5 Å². The molecule has 8 heteroatoms. The minimum Gasteiger partial charge on any atom is -0.482 e. The molecule has 2 aromatic carbocycles. The van der Waals surface area contributed by atoms with Gasteiger partial charge in [0.15, 0.2) is 12.2 Å². The van der Waals surface area contributed by atoms with Crippen LogP contribution in [0.4, 0.5) is 5.69 Å². The lowest BCUT2D eigenvalue weighted by molar-refractivity contribution is -0.115. The Hall–Kier alpha value is -3.86. The SMILES string of the molecule is CCC(=O)Nc1ccc(OCc2nc3ccc(C(=O)O)cc3o2)c(C#N)c1. The predicted molar refractivity (Wildman–Crippen MR) is 95.4 cm³/mol. The fourth-order valence-electron chi connectivity index (χ4n) is 2.38. The van der Waals surface area contributed by atoms with Gasteiger partial charge in [-0.05, 0) is 36.4 Å². The maximum atomic E-state index is 11.4. The number of benzene rings is 2. The number of carbonyl (C=O) groups is 2. The van der Waals surface area contributed by atoms with Crippen molar-refractivity contribution in [3.63, 3.8) is 0 Å². The van der Waals surface area contributed by atoms with Crippen LogP contribution in [0.1, 0.15) is 35.2 Å². The number of anilines is 1. The number of carboxylic acids is 1. The predicted octanol–water partition coefficient (Wildman–Crippen LogP) is 3.33. The first kappa shape index (κ1) is 17.9. The Balaban J connectivity index is 1.76. The number of nitrogens with one attached hydrogen (secondary N) is 1. The Morgan fingerprint density at radius 3 is 2.81 bits per heavy atom. The number of amides is 1. The molecule has 0 spiro atoms. The highest BCUT2D eigenvalue weighted by Gasteiger charge is 2.12. The molecule has 0 saturated carbocycles. The van der Waals surface area contributed by atoms with Crippen molar-refractivity contribution < 1.29 is 23.8 Å². The van der Waals surface area contributed by atoms with Gasteiger partial charge in [-0.2, -0.15) is 5.26 Å². The minimum absolute atomic E-state index is 0.0353. The van der Waals surface area contributed by atoms with Crippen LogP contribution in [-0.2, 0) is 11.4 Å². The van der Waals surface area contributed by atoms with Gasteiger partial charge in [0.2, 0.25) is 11.8 Å². The third-order valence-corrected chi connectivity index (χ3v) is 3.74. The summed E-state index contributed by atoms with van der Waals surface area (Å²) in [6, 6.07) is 11.1. The highest BCUT2D eigenvalue weighted by Crippen LogP contribution is 2.24. The van der Waals surface area contributed by atoms with Crippen molar-refractivity contribution in [2.45, 2.75) is 20.0 Å². The molecule has 0 aliphatic heterocycles. The molecule has 2 N–H and O–H groups in total. The van der Waals surface area contributed by atoms with E-state index in [0.29, 0.717) is 29.0 Å². The van der Waals surface area contributed by atoms with E-state index in [9.17, 15) is 14.9 Å². The normalized spacial score (nSPS) is 10.4. The molecule has 0 aliphatic carbocycles. The molecule has 0 aliphatic rings. The van der Waals surface area contributed by atoms with E-state index < -0.39 is 5.97 Å². The minimum atomic E-state index is -1.06. The average Bonchev–Trinajstić information content (AvgIpc) is 3.08. The smallest absolute Gasteiger partial charge is 0.335 e. The summed E-state index contributed by atoms with van der Waals surface area (Å²) in [4.78, 5) is 26.7. The van der Waals surface area contributed by atoms with E-state index in [2.05, 4.69) is 10.3 Å². The number of nitrogens with zero attached hydrogens (tertiary/aromatic N) is 2. The van der Waals surface area contributed by atoms with E-state index in [1.54, 1.807) is 25.1 Å². The van der Waals surface area contributed by atoms with E-state index in [1.807, 2.05) is 6.07 Å². The van der Waals surface area contributed by atoms with Gasteiger partial charge in [0.25, 0.3) is 0 Å². The first-order valence-electron chi connectivity index (χ1n) is 8.09. The van der Waals surface area contributed by atoms with Crippen molar-refractivity contribution in [2.75, 3.05) is 5.32 Å². The van der Waals surface area contributed by atoms with Crippen LogP contribution in [0.2, 0.25) is 0 Å². The van der Waals surface area contributed by atoms with Gasteiger partial charge in [-0.1, -0.05) is 6.92 Å². The Kier molecular flexibility index (Phi) is 5.04. The lowest BCUT2D eigenvalue weighted by atomic mass is 10.2. The van der Waals surface area contributed by atoms with Gasteiger partial charge in [0.05, 0.1) is 11.1 Å². The molecule has 27 heavy (non-hydrogen) atoms. The molecule has 8 nitrogen and oxygen atoms in total. The molecule has 0 saturated heterocycles. The van der Waals surface area contributed by atoms with Gasteiger partial charge in [-0.25, -0.2) is 9.78 Å². The second kappa shape index (κ2) is 7.58. The number of aromatic carboxylic acids is 1. The molecule has 3 rings (SSSR count). The van der Waals surface area contributed by atoms with Crippen LogP contribution in [0.3, 0.4) is 0 Å². The molecule has 1 aromatic heterocycles. The van der Waals surface area contributed by atoms with Crippen LogP contribution in [0.25, 0.3) is 11.1 Å². The van der Waals surface area contributed by atoms with Crippen molar-refractivity contribution in [2.24, 2.45) is 0 Å². The topological polar surface area (TPSA) is 125 Å². The number of ether oxygens (including phenoxy) is 1. The van der Waals surface area contributed by atoms with Gasteiger partial charge in [-0.3, -0.25) is 4.79 Å². The molecule has 136 valence electrons. The third-order valence-electron chi connectivity index (χ3n) is 3.74. The molecule has 1 heterocycles. The van der Waals surface area contributed by atoms with Gasteiger partial charge >= 0.3 is 5.97 Å². The standard InChI is InChI=1S/C19H15N3O5/c1-2-17(23)21-13-4-6-15(12(7-13)9-20)26-10-18-22-14-5-3-11(19(24)25)8-16(14)27-18/h3-8H,2,10H2,1H3,(H,21,23)(H,24,25). The molecule has 0 atom stereocenters. The Labute approximate surface area is 154 Å². The Bertz CT molecular complexity index is 1060. The number of rotatable bonds is 6. The van der Waals surface area contributed by atoms with Crippen LogP contribution in [0.15, 0.2) is 40.8 Å². The quantitative estimate of drug-likeness (QED) is 0.686. The molecule has 0 bridgehead atoms. The van der Waals surface area contributed by atoms with Crippen molar-refractivity contribution in [3.05, 3.63) is 53.4 Å². The Morgan fingerprint density at radius 2 is 2.11 bits per heavy atom. The van der Waals surface area contributed by atoms with Gasteiger partial charge in [0, 0.05) is 12.1 Å². The zero-order valence-electron chi connectivity index (χ0n) is 14.4. The summed E-state index contributed by atoms with van der Waals surface area (Å²) in [6.45, 7) is 1.70. The van der Waals surface area contributed by atoms with E-state index >= 15 is 0 Å². The first-order valence-corrected chi connectivity index (χ1v) is 8.09. The maximum Gasteiger partial charge on any atom is 0.335 e. The molecule has 0 fully saturated rings. The number of nitriles is 1. The number of carboxylic acid groups (broad SMARTS) is 1. The summed E-state index contributed by atoms with van der Waals surface area (Å²) >= 11 is 0. The monoisotopic (exact) mass is 365 g/mol. The third kappa shape index (κ3) is 4.04. The van der Waals surface area contributed by atoms with Gasteiger partial charge in [-0.15, -0.1) is 0 Å². The van der Waals surface area contributed by atoms with Crippen LogP contribution in [0.5, 0.6) is 5.75 Å². The van der Waals surface area contributed by atoms with Gasteiger partial charge < -0.3 is 19.6 Å². The lowest BCUT2D eigenvalue weighted by Gasteiger charge is -2.08. The van der Waals surface area contributed by atoms with Crippen molar-refractivity contribution >= 4 is 28.7 Å². The summed E-state index contributed by atoms with van der Waals surface area (Å²) in [5.41, 5.74) is 1.72. The second-order valence-corrected chi connectivity index (χ2v) is 5.61. The van der Waals surface area contributed by atoms with E-state index in [4.69, 9.17) is 14.3 Å². The fraction of sp³-hybridized carbons (Fsp3) is 0.158. The number of aromatic nitrogens is 1. The van der Waals surface area contributed by atoms with Crippen molar-refractivity contribution in [1.29, 1.82) is 5.26 Å². The average molecular weight is 365 g/mol. The largest absolute Gasteiger partial charge is 0.482 e. The first-order chi connectivity index (χ1) is 13.0. The van der Waals surface area contributed by atoms with Crippen LogP contribution in [-0.4, -0.2) is 22.0 Å². The maximum absolute atomic E-state index is 11.4. The molecular weight excluding hydrogens is 350 g/mol.